The first-order chi connectivity index (χ1) is 11.0. The van der Waals surface area contributed by atoms with Crippen molar-refractivity contribution in [3.05, 3.63) is 64.8 Å². The second-order valence-electron chi connectivity index (χ2n) is 4.84. The minimum atomic E-state index is -0.369. The Hall–Kier alpha value is -0.620. The average Bonchev–Trinajstić information content (AvgIpc) is 2.51. The van der Waals surface area contributed by atoms with Crippen molar-refractivity contribution in [3.8, 4) is 5.75 Å². The number of halogens is 3. The summed E-state index contributed by atoms with van der Waals surface area (Å²) in [6.45, 7) is 0. The van der Waals surface area contributed by atoms with E-state index in [0.717, 1.165) is 21.5 Å². The van der Waals surface area contributed by atoms with Crippen molar-refractivity contribution in [1.82, 2.24) is 0 Å². The number of nitrogen functional groups attached to an aromatic ring is 1. The SMILES string of the molecule is Nc1cc(OC(=O)c2c(I)ccc(I)c2I)cc2ccccc12. The van der Waals surface area contributed by atoms with E-state index in [-0.39, 0.29) is 5.97 Å². The van der Waals surface area contributed by atoms with E-state index < -0.39 is 0 Å². The van der Waals surface area contributed by atoms with Crippen molar-refractivity contribution in [1.29, 1.82) is 0 Å². The van der Waals surface area contributed by atoms with Gasteiger partial charge in [-0.2, -0.15) is 0 Å². The molecule has 0 aliphatic rings. The van der Waals surface area contributed by atoms with Gasteiger partial charge in [-0.3, -0.25) is 0 Å². The second kappa shape index (κ2) is 7.09. The minimum Gasteiger partial charge on any atom is -0.423 e. The van der Waals surface area contributed by atoms with Crippen molar-refractivity contribution in [2.45, 2.75) is 0 Å². The summed E-state index contributed by atoms with van der Waals surface area (Å²) >= 11 is 6.53. The van der Waals surface area contributed by atoms with Crippen LogP contribution < -0.4 is 10.5 Å². The van der Waals surface area contributed by atoms with E-state index in [0.29, 0.717) is 17.0 Å². The first-order valence-electron chi connectivity index (χ1n) is 6.61. The Morgan fingerprint density at radius 1 is 0.957 bits per heavy atom. The molecule has 0 saturated heterocycles. The highest BCUT2D eigenvalue weighted by atomic mass is 127. The van der Waals surface area contributed by atoms with Crippen molar-refractivity contribution >= 4 is 90.2 Å². The molecule has 0 aliphatic heterocycles. The third-order valence-corrected chi connectivity index (χ3v) is 7.28. The largest absolute Gasteiger partial charge is 0.423 e. The normalized spacial score (nSPS) is 10.7. The lowest BCUT2D eigenvalue weighted by Crippen LogP contribution is -2.13. The molecular weight excluding hydrogens is 631 g/mol. The quantitative estimate of drug-likeness (QED) is 0.133. The van der Waals surface area contributed by atoms with Crippen molar-refractivity contribution in [2.24, 2.45) is 0 Å². The van der Waals surface area contributed by atoms with Gasteiger partial charge in [0.05, 0.1) is 5.56 Å². The molecule has 0 aliphatic carbocycles. The number of benzene rings is 3. The molecule has 0 fully saturated rings. The lowest BCUT2D eigenvalue weighted by Gasteiger charge is -2.11. The molecule has 0 spiro atoms. The number of rotatable bonds is 2. The molecule has 2 N–H and O–H groups in total. The lowest BCUT2D eigenvalue weighted by atomic mass is 10.1. The molecule has 0 radical (unpaired) electrons. The monoisotopic (exact) mass is 641 g/mol. The predicted octanol–water partition coefficient (Wildman–Crippen LogP) is 5.46. The van der Waals surface area contributed by atoms with Gasteiger partial charge in [0.25, 0.3) is 0 Å². The molecule has 23 heavy (non-hydrogen) atoms. The molecule has 0 saturated carbocycles. The van der Waals surface area contributed by atoms with Gasteiger partial charge >= 0.3 is 5.97 Å². The topological polar surface area (TPSA) is 52.3 Å². The minimum absolute atomic E-state index is 0.369. The van der Waals surface area contributed by atoms with E-state index in [1.54, 1.807) is 6.07 Å². The Morgan fingerprint density at radius 2 is 1.65 bits per heavy atom. The summed E-state index contributed by atoms with van der Waals surface area (Å²) in [6, 6.07) is 15.2. The van der Waals surface area contributed by atoms with Crippen LogP contribution in [0.2, 0.25) is 0 Å². The van der Waals surface area contributed by atoms with Gasteiger partial charge in [-0.15, -0.1) is 0 Å². The maximum absolute atomic E-state index is 12.6. The first kappa shape index (κ1) is 17.2. The van der Waals surface area contributed by atoms with Gasteiger partial charge in [0, 0.05) is 27.9 Å². The highest BCUT2D eigenvalue weighted by molar-refractivity contribution is 14.1. The fourth-order valence-corrected chi connectivity index (χ4v) is 4.57. The summed E-state index contributed by atoms with van der Waals surface area (Å²) in [7, 11) is 0. The van der Waals surface area contributed by atoms with Crippen LogP contribution >= 0.6 is 67.8 Å². The van der Waals surface area contributed by atoms with Gasteiger partial charge in [0.1, 0.15) is 5.75 Å². The molecule has 0 heterocycles. The van der Waals surface area contributed by atoms with Crippen LogP contribution in [-0.2, 0) is 0 Å². The summed E-state index contributed by atoms with van der Waals surface area (Å²) < 4.78 is 8.36. The van der Waals surface area contributed by atoms with Gasteiger partial charge in [0.15, 0.2) is 0 Å². The van der Waals surface area contributed by atoms with Gasteiger partial charge in [-0.05, 0) is 91.4 Å². The van der Waals surface area contributed by atoms with Gasteiger partial charge < -0.3 is 10.5 Å². The highest BCUT2D eigenvalue weighted by Gasteiger charge is 2.19. The van der Waals surface area contributed by atoms with Gasteiger partial charge in [-0.1, -0.05) is 24.3 Å². The predicted molar refractivity (Wildman–Crippen MR) is 118 cm³/mol. The summed E-state index contributed by atoms with van der Waals surface area (Å²) in [6.07, 6.45) is 0. The molecule has 3 rings (SSSR count). The third kappa shape index (κ3) is 3.58. The van der Waals surface area contributed by atoms with E-state index in [1.165, 1.54) is 0 Å². The van der Waals surface area contributed by atoms with Crippen molar-refractivity contribution in [2.75, 3.05) is 5.73 Å². The van der Waals surface area contributed by atoms with Crippen LogP contribution in [0, 0.1) is 10.7 Å². The van der Waals surface area contributed by atoms with Crippen LogP contribution in [0.1, 0.15) is 10.4 Å². The van der Waals surface area contributed by atoms with E-state index in [1.807, 2.05) is 42.5 Å². The van der Waals surface area contributed by atoms with E-state index >= 15 is 0 Å². The van der Waals surface area contributed by atoms with Crippen molar-refractivity contribution < 1.29 is 9.53 Å². The van der Waals surface area contributed by atoms with E-state index in [9.17, 15) is 4.79 Å². The zero-order valence-electron chi connectivity index (χ0n) is 11.6. The number of ether oxygens (including phenoxy) is 1. The van der Waals surface area contributed by atoms with Crippen LogP contribution in [-0.4, -0.2) is 5.97 Å². The van der Waals surface area contributed by atoms with Gasteiger partial charge in [0.2, 0.25) is 0 Å². The standard InChI is InChI=1S/C17H10I3NO2/c18-12-5-6-13(19)16(20)15(12)17(22)23-10-7-9-3-1-2-4-11(9)14(21)8-10/h1-8H,21H2. The van der Waals surface area contributed by atoms with Crippen LogP contribution in [0.5, 0.6) is 5.75 Å². The van der Waals surface area contributed by atoms with E-state index in [4.69, 9.17) is 10.5 Å². The van der Waals surface area contributed by atoms with Crippen LogP contribution in [0.25, 0.3) is 10.8 Å². The lowest BCUT2D eigenvalue weighted by molar-refractivity contribution is 0.0733. The van der Waals surface area contributed by atoms with Crippen LogP contribution in [0.4, 0.5) is 5.69 Å². The fraction of sp³-hybridized carbons (Fsp3) is 0. The summed E-state index contributed by atoms with van der Waals surface area (Å²) in [4.78, 5) is 12.6. The number of carbonyl (C=O) groups excluding carboxylic acids is 1. The molecule has 0 bridgehead atoms. The second-order valence-corrected chi connectivity index (χ2v) is 8.24. The highest BCUT2D eigenvalue weighted by Crippen LogP contribution is 2.29. The molecule has 0 amide bonds. The number of fused-ring (bicyclic) bond motifs is 1. The molecule has 3 aromatic carbocycles. The Balaban J connectivity index is 2.00. The molecule has 0 unspecified atom stereocenters. The zero-order valence-corrected chi connectivity index (χ0v) is 18.1. The molecule has 6 heteroatoms. The molecule has 0 atom stereocenters. The molecule has 116 valence electrons. The average molecular weight is 641 g/mol. The Labute approximate surface area is 174 Å². The van der Waals surface area contributed by atoms with Crippen LogP contribution in [0.15, 0.2) is 48.5 Å². The number of hydrogen-bond acceptors (Lipinski definition) is 3. The Morgan fingerprint density at radius 3 is 2.43 bits per heavy atom. The van der Waals surface area contributed by atoms with E-state index in [2.05, 4.69) is 67.8 Å². The molecular formula is C17H10I3NO2. The summed E-state index contributed by atoms with van der Waals surface area (Å²) in [5.74, 6) is 0.0867. The van der Waals surface area contributed by atoms with Gasteiger partial charge in [-0.25, -0.2) is 4.79 Å². The third-order valence-electron chi connectivity index (χ3n) is 3.33. The maximum Gasteiger partial charge on any atom is 0.345 e. The molecule has 3 aromatic rings. The zero-order chi connectivity index (χ0) is 16.6. The van der Waals surface area contributed by atoms with Crippen LogP contribution in [0.3, 0.4) is 0 Å². The number of hydrogen-bond donors (Lipinski definition) is 1. The number of anilines is 1. The maximum atomic E-state index is 12.6. The smallest absolute Gasteiger partial charge is 0.345 e. The number of carbonyl (C=O) groups is 1. The first-order valence-corrected chi connectivity index (χ1v) is 9.85. The number of esters is 1. The Bertz CT molecular complexity index is 925. The Kier molecular flexibility index (Phi) is 5.31. The summed E-state index contributed by atoms with van der Waals surface area (Å²) in [5.41, 5.74) is 7.24. The number of nitrogens with two attached hydrogens (primary N) is 1. The van der Waals surface area contributed by atoms with Crippen molar-refractivity contribution in [3.63, 3.8) is 0 Å². The molecule has 0 aromatic heterocycles. The molecule has 3 nitrogen and oxygen atoms in total. The fourth-order valence-electron chi connectivity index (χ4n) is 2.24. The summed E-state index contributed by atoms with van der Waals surface area (Å²) in [5, 5.41) is 1.90.